The second-order valence-electron chi connectivity index (χ2n) is 4.83. The molecule has 0 aliphatic rings. The first kappa shape index (κ1) is 15.4. The average Bonchev–Trinajstić information content (AvgIpc) is 2.50. The van der Waals surface area contributed by atoms with Crippen LogP contribution in [0.4, 0.5) is 4.39 Å². The van der Waals surface area contributed by atoms with E-state index in [1.54, 1.807) is 18.5 Å². The topological polar surface area (TPSA) is 34.2 Å². The summed E-state index contributed by atoms with van der Waals surface area (Å²) in [6.45, 7) is 6.03. The van der Waals surface area contributed by atoms with E-state index in [9.17, 15) is 4.39 Å². The standard InChI is InChI=1S/C17H21FN2O/c1-3-7-19-11-15-8-13(5-6-17(15)18)14-9-16(21-4-2)12-20-10-14/h5-6,8-10,12,19H,3-4,7,11H2,1-2H3. The Morgan fingerprint density at radius 2 is 2.00 bits per heavy atom. The van der Waals surface area contributed by atoms with Gasteiger partial charge in [-0.05, 0) is 43.7 Å². The Hall–Kier alpha value is -1.94. The molecule has 2 aromatic rings. The maximum Gasteiger partial charge on any atom is 0.138 e. The summed E-state index contributed by atoms with van der Waals surface area (Å²) in [4.78, 5) is 4.17. The molecule has 0 unspecified atom stereocenters. The highest BCUT2D eigenvalue weighted by molar-refractivity contribution is 5.64. The highest BCUT2D eigenvalue weighted by atomic mass is 19.1. The number of hydrogen-bond acceptors (Lipinski definition) is 3. The molecule has 0 atom stereocenters. The van der Waals surface area contributed by atoms with Crippen LogP contribution in [0, 0.1) is 5.82 Å². The molecule has 1 heterocycles. The predicted molar refractivity (Wildman–Crippen MR) is 82.8 cm³/mol. The normalized spacial score (nSPS) is 10.6. The minimum absolute atomic E-state index is 0.184. The molecule has 0 saturated heterocycles. The van der Waals surface area contributed by atoms with Gasteiger partial charge in [0.1, 0.15) is 11.6 Å². The summed E-state index contributed by atoms with van der Waals surface area (Å²) in [6, 6.07) is 7.06. The molecule has 112 valence electrons. The Bertz CT molecular complexity index is 587. The van der Waals surface area contributed by atoms with Gasteiger partial charge in [0.15, 0.2) is 0 Å². The van der Waals surface area contributed by atoms with Gasteiger partial charge in [0.05, 0.1) is 12.8 Å². The zero-order chi connectivity index (χ0) is 15.1. The molecule has 21 heavy (non-hydrogen) atoms. The maximum absolute atomic E-state index is 13.8. The van der Waals surface area contributed by atoms with E-state index >= 15 is 0 Å². The molecule has 2 rings (SSSR count). The monoisotopic (exact) mass is 288 g/mol. The summed E-state index contributed by atoms with van der Waals surface area (Å²) in [6.07, 6.45) is 4.47. The molecular formula is C17H21FN2O. The van der Waals surface area contributed by atoms with Crippen molar-refractivity contribution in [1.29, 1.82) is 0 Å². The van der Waals surface area contributed by atoms with E-state index in [2.05, 4.69) is 17.2 Å². The molecule has 0 radical (unpaired) electrons. The maximum atomic E-state index is 13.8. The van der Waals surface area contributed by atoms with Gasteiger partial charge < -0.3 is 10.1 Å². The lowest BCUT2D eigenvalue weighted by atomic mass is 10.0. The molecule has 0 spiro atoms. The number of rotatable bonds is 7. The molecular weight excluding hydrogens is 267 g/mol. The summed E-state index contributed by atoms with van der Waals surface area (Å²) < 4.78 is 19.3. The lowest BCUT2D eigenvalue weighted by molar-refractivity contribution is 0.339. The van der Waals surface area contributed by atoms with Crippen LogP contribution in [0.15, 0.2) is 36.7 Å². The quantitative estimate of drug-likeness (QED) is 0.787. The Labute approximate surface area is 125 Å². The zero-order valence-electron chi connectivity index (χ0n) is 12.5. The van der Waals surface area contributed by atoms with Gasteiger partial charge in [0.2, 0.25) is 0 Å². The Balaban J connectivity index is 2.23. The van der Waals surface area contributed by atoms with Gasteiger partial charge in [-0.15, -0.1) is 0 Å². The summed E-state index contributed by atoms with van der Waals surface area (Å²) in [5.41, 5.74) is 2.54. The van der Waals surface area contributed by atoms with Gasteiger partial charge in [-0.1, -0.05) is 13.0 Å². The molecule has 0 aliphatic carbocycles. The molecule has 0 bridgehead atoms. The van der Waals surface area contributed by atoms with E-state index in [0.717, 1.165) is 29.8 Å². The first-order valence-electron chi connectivity index (χ1n) is 7.32. The van der Waals surface area contributed by atoms with E-state index in [1.807, 2.05) is 19.1 Å². The first-order chi connectivity index (χ1) is 10.2. The van der Waals surface area contributed by atoms with Crippen LogP contribution in [0.1, 0.15) is 25.8 Å². The number of nitrogens with zero attached hydrogens (tertiary/aromatic N) is 1. The van der Waals surface area contributed by atoms with Crippen molar-refractivity contribution in [3.8, 4) is 16.9 Å². The molecule has 1 aromatic heterocycles. The minimum atomic E-state index is -0.184. The third-order valence-electron chi connectivity index (χ3n) is 3.15. The van der Waals surface area contributed by atoms with Crippen molar-refractivity contribution in [2.45, 2.75) is 26.8 Å². The van der Waals surface area contributed by atoms with Crippen LogP contribution in [0.5, 0.6) is 5.75 Å². The van der Waals surface area contributed by atoms with Gasteiger partial charge in [-0.2, -0.15) is 0 Å². The second-order valence-corrected chi connectivity index (χ2v) is 4.83. The Morgan fingerprint density at radius 1 is 1.14 bits per heavy atom. The zero-order valence-corrected chi connectivity index (χ0v) is 12.5. The highest BCUT2D eigenvalue weighted by Gasteiger charge is 2.06. The molecule has 3 nitrogen and oxygen atoms in total. The van der Waals surface area contributed by atoms with Crippen LogP contribution in [0.2, 0.25) is 0 Å². The average molecular weight is 288 g/mol. The third-order valence-corrected chi connectivity index (χ3v) is 3.15. The Kier molecular flexibility index (Phi) is 5.69. The molecule has 1 aromatic carbocycles. The fourth-order valence-corrected chi connectivity index (χ4v) is 2.11. The largest absolute Gasteiger partial charge is 0.492 e. The van der Waals surface area contributed by atoms with Gasteiger partial charge >= 0.3 is 0 Å². The predicted octanol–water partition coefficient (Wildman–Crippen LogP) is 3.79. The summed E-state index contributed by atoms with van der Waals surface area (Å²) in [5, 5.41) is 3.22. The molecule has 0 saturated carbocycles. The van der Waals surface area contributed by atoms with E-state index in [0.29, 0.717) is 18.7 Å². The Morgan fingerprint density at radius 3 is 2.76 bits per heavy atom. The molecule has 4 heteroatoms. The van der Waals surface area contributed by atoms with Crippen LogP contribution >= 0.6 is 0 Å². The molecule has 0 fully saturated rings. The number of benzene rings is 1. The van der Waals surface area contributed by atoms with Crippen LogP contribution in [-0.2, 0) is 6.54 Å². The fraction of sp³-hybridized carbons (Fsp3) is 0.353. The van der Waals surface area contributed by atoms with Gasteiger partial charge in [0, 0.05) is 23.9 Å². The van der Waals surface area contributed by atoms with Crippen molar-refractivity contribution in [1.82, 2.24) is 10.3 Å². The van der Waals surface area contributed by atoms with Crippen LogP contribution in [0.3, 0.4) is 0 Å². The van der Waals surface area contributed by atoms with E-state index < -0.39 is 0 Å². The van der Waals surface area contributed by atoms with Crippen molar-refractivity contribution < 1.29 is 9.13 Å². The first-order valence-corrected chi connectivity index (χ1v) is 7.32. The highest BCUT2D eigenvalue weighted by Crippen LogP contribution is 2.24. The summed E-state index contributed by atoms with van der Waals surface area (Å²) in [5.74, 6) is 0.543. The third kappa shape index (κ3) is 4.26. The minimum Gasteiger partial charge on any atom is -0.492 e. The number of halogens is 1. The van der Waals surface area contributed by atoms with Gasteiger partial charge in [-0.25, -0.2) is 4.39 Å². The van der Waals surface area contributed by atoms with Crippen LogP contribution in [-0.4, -0.2) is 18.1 Å². The lowest BCUT2D eigenvalue weighted by Gasteiger charge is -2.09. The number of aromatic nitrogens is 1. The van der Waals surface area contributed by atoms with E-state index in [4.69, 9.17) is 4.74 Å². The number of nitrogens with one attached hydrogen (secondary N) is 1. The number of hydrogen-bond donors (Lipinski definition) is 1. The van der Waals surface area contributed by atoms with Crippen molar-refractivity contribution >= 4 is 0 Å². The summed E-state index contributed by atoms with van der Waals surface area (Å²) >= 11 is 0. The molecule has 1 N–H and O–H groups in total. The fourth-order valence-electron chi connectivity index (χ4n) is 2.11. The number of pyridine rings is 1. The smallest absolute Gasteiger partial charge is 0.138 e. The van der Waals surface area contributed by atoms with E-state index in [1.165, 1.54) is 6.07 Å². The van der Waals surface area contributed by atoms with Gasteiger partial charge in [-0.3, -0.25) is 4.98 Å². The van der Waals surface area contributed by atoms with Crippen molar-refractivity contribution in [3.63, 3.8) is 0 Å². The SMILES string of the molecule is CCCNCc1cc(-c2cncc(OCC)c2)ccc1F. The van der Waals surface area contributed by atoms with Crippen LogP contribution < -0.4 is 10.1 Å². The van der Waals surface area contributed by atoms with Gasteiger partial charge in [0.25, 0.3) is 0 Å². The van der Waals surface area contributed by atoms with E-state index in [-0.39, 0.29) is 5.82 Å². The lowest BCUT2D eigenvalue weighted by Crippen LogP contribution is -2.14. The summed E-state index contributed by atoms with van der Waals surface area (Å²) in [7, 11) is 0. The molecule has 0 aliphatic heterocycles. The second kappa shape index (κ2) is 7.74. The van der Waals surface area contributed by atoms with Crippen LogP contribution in [0.25, 0.3) is 11.1 Å². The number of ether oxygens (including phenoxy) is 1. The molecule has 0 amide bonds. The van der Waals surface area contributed by atoms with Crippen molar-refractivity contribution in [3.05, 3.63) is 48.0 Å². The van der Waals surface area contributed by atoms with Crippen molar-refractivity contribution in [2.24, 2.45) is 0 Å². The van der Waals surface area contributed by atoms with Crippen molar-refractivity contribution in [2.75, 3.05) is 13.2 Å².